The summed E-state index contributed by atoms with van der Waals surface area (Å²) in [6.07, 6.45) is -4.69. The monoisotopic (exact) mass is 361 g/mol. The SMILES string of the molecule is Cc1cc(Br)cc(NCc2ccc(F)c(C(F)(F)F)c2)c1. The van der Waals surface area contributed by atoms with Crippen LogP contribution in [0.5, 0.6) is 0 Å². The van der Waals surface area contributed by atoms with Gasteiger partial charge < -0.3 is 5.32 Å². The Bertz CT molecular complexity index is 632. The standard InChI is InChI=1S/C15H12BrF4N/c1-9-4-11(16)7-12(5-9)21-8-10-2-3-14(17)13(6-10)15(18,19)20/h2-7,21H,8H2,1H3. The van der Waals surface area contributed by atoms with E-state index in [1.54, 1.807) is 0 Å². The third-order valence-corrected chi connectivity index (χ3v) is 3.33. The normalized spacial score (nSPS) is 11.5. The van der Waals surface area contributed by atoms with E-state index in [0.29, 0.717) is 5.56 Å². The van der Waals surface area contributed by atoms with Crippen molar-refractivity contribution < 1.29 is 17.6 Å². The van der Waals surface area contributed by atoms with Crippen molar-refractivity contribution >= 4 is 21.6 Å². The van der Waals surface area contributed by atoms with Gasteiger partial charge in [0, 0.05) is 16.7 Å². The van der Waals surface area contributed by atoms with Crippen LogP contribution in [0.3, 0.4) is 0 Å². The highest BCUT2D eigenvalue weighted by Crippen LogP contribution is 2.32. The molecule has 0 fully saturated rings. The molecular weight excluding hydrogens is 350 g/mol. The van der Waals surface area contributed by atoms with Crippen molar-refractivity contribution in [3.63, 3.8) is 0 Å². The van der Waals surface area contributed by atoms with Crippen LogP contribution in [0.25, 0.3) is 0 Å². The molecule has 0 aliphatic heterocycles. The third kappa shape index (κ3) is 4.20. The minimum Gasteiger partial charge on any atom is -0.381 e. The van der Waals surface area contributed by atoms with Crippen molar-refractivity contribution in [2.24, 2.45) is 0 Å². The van der Waals surface area contributed by atoms with Crippen LogP contribution in [0.15, 0.2) is 40.9 Å². The predicted molar refractivity (Wildman–Crippen MR) is 77.6 cm³/mol. The van der Waals surface area contributed by atoms with Gasteiger partial charge >= 0.3 is 6.18 Å². The second-order valence-corrected chi connectivity index (χ2v) is 5.60. The first kappa shape index (κ1) is 15.8. The van der Waals surface area contributed by atoms with Gasteiger partial charge in [-0.1, -0.05) is 22.0 Å². The molecule has 0 heterocycles. The molecule has 0 amide bonds. The van der Waals surface area contributed by atoms with Gasteiger partial charge in [0.15, 0.2) is 0 Å². The van der Waals surface area contributed by atoms with Crippen molar-refractivity contribution in [3.8, 4) is 0 Å². The van der Waals surface area contributed by atoms with Crippen LogP contribution in [0.2, 0.25) is 0 Å². The first-order valence-electron chi connectivity index (χ1n) is 6.12. The Labute approximate surface area is 128 Å². The average Bonchev–Trinajstić information content (AvgIpc) is 2.35. The number of nitrogens with one attached hydrogen (secondary N) is 1. The molecule has 0 radical (unpaired) electrons. The fraction of sp³-hybridized carbons (Fsp3) is 0.200. The van der Waals surface area contributed by atoms with Gasteiger partial charge in [0.05, 0.1) is 5.56 Å². The van der Waals surface area contributed by atoms with Crippen LogP contribution in [0.4, 0.5) is 23.2 Å². The summed E-state index contributed by atoms with van der Waals surface area (Å²) in [7, 11) is 0. The highest BCUT2D eigenvalue weighted by molar-refractivity contribution is 9.10. The zero-order chi connectivity index (χ0) is 15.6. The van der Waals surface area contributed by atoms with Gasteiger partial charge in [0.1, 0.15) is 5.82 Å². The van der Waals surface area contributed by atoms with Gasteiger partial charge in [-0.2, -0.15) is 13.2 Å². The van der Waals surface area contributed by atoms with E-state index in [1.165, 1.54) is 6.07 Å². The van der Waals surface area contributed by atoms with E-state index in [1.807, 2.05) is 25.1 Å². The predicted octanol–water partition coefficient (Wildman–Crippen LogP) is 5.53. The van der Waals surface area contributed by atoms with Crippen molar-refractivity contribution in [1.29, 1.82) is 0 Å². The van der Waals surface area contributed by atoms with Gasteiger partial charge in [-0.3, -0.25) is 0 Å². The number of hydrogen-bond acceptors (Lipinski definition) is 1. The Morgan fingerprint density at radius 1 is 1.10 bits per heavy atom. The molecule has 0 atom stereocenters. The van der Waals surface area contributed by atoms with E-state index in [9.17, 15) is 17.6 Å². The minimum absolute atomic E-state index is 0.180. The first-order valence-corrected chi connectivity index (χ1v) is 6.92. The molecule has 0 bridgehead atoms. The number of halogens is 5. The fourth-order valence-corrected chi connectivity index (χ4v) is 2.55. The molecule has 0 aliphatic rings. The van der Waals surface area contributed by atoms with E-state index in [0.717, 1.165) is 27.9 Å². The zero-order valence-electron chi connectivity index (χ0n) is 11.1. The zero-order valence-corrected chi connectivity index (χ0v) is 12.6. The topological polar surface area (TPSA) is 12.0 Å². The maximum Gasteiger partial charge on any atom is 0.419 e. The molecule has 1 N–H and O–H groups in total. The van der Waals surface area contributed by atoms with Crippen LogP contribution < -0.4 is 5.32 Å². The molecule has 2 rings (SSSR count). The first-order chi connectivity index (χ1) is 9.75. The lowest BCUT2D eigenvalue weighted by Crippen LogP contribution is -2.10. The largest absolute Gasteiger partial charge is 0.419 e. The Morgan fingerprint density at radius 3 is 2.43 bits per heavy atom. The summed E-state index contributed by atoms with van der Waals surface area (Å²) in [5, 5.41) is 3.02. The minimum atomic E-state index is -4.69. The van der Waals surface area contributed by atoms with Gasteiger partial charge in [0.25, 0.3) is 0 Å². The molecule has 0 unspecified atom stereocenters. The molecule has 0 aromatic heterocycles. The quantitative estimate of drug-likeness (QED) is 0.709. The van der Waals surface area contributed by atoms with Crippen LogP contribution in [0, 0.1) is 12.7 Å². The molecule has 2 aromatic carbocycles. The summed E-state index contributed by atoms with van der Waals surface area (Å²) in [4.78, 5) is 0. The van der Waals surface area contributed by atoms with Crippen molar-refractivity contribution in [2.75, 3.05) is 5.32 Å². The molecule has 2 aromatic rings. The molecule has 6 heteroatoms. The van der Waals surface area contributed by atoms with E-state index in [-0.39, 0.29) is 6.54 Å². The lowest BCUT2D eigenvalue weighted by Gasteiger charge is -2.12. The molecule has 21 heavy (non-hydrogen) atoms. The molecule has 112 valence electrons. The molecular formula is C15H12BrF4N. The van der Waals surface area contributed by atoms with E-state index >= 15 is 0 Å². The highest BCUT2D eigenvalue weighted by atomic mass is 79.9. The van der Waals surface area contributed by atoms with Gasteiger partial charge in [0.2, 0.25) is 0 Å². The number of benzene rings is 2. The third-order valence-electron chi connectivity index (χ3n) is 2.87. The van der Waals surface area contributed by atoms with Crippen LogP contribution in [-0.4, -0.2) is 0 Å². The van der Waals surface area contributed by atoms with Crippen molar-refractivity contribution in [3.05, 3.63) is 63.4 Å². The molecule has 0 aliphatic carbocycles. The smallest absolute Gasteiger partial charge is 0.381 e. The van der Waals surface area contributed by atoms with Crippen molar-refractivity contribution in [1.82, 2.24) is 0 Å². The summed E-state index contributed by atoms with van der Waals surface area (Å²) in [5.41, 5.74) is 0.912. The van der Waals surface area contributed by atoms with Gasteiger partial charge in [-0.15, -0.1) is 0 Å². The molecule has 0 spiro atoms. The van der Waals surface area contributed by atoms with Crippen LogP contribution in [0.1, 0.15) is 16.7 Å². The molecule has 0 saturated carbocycles. The summed E-state index contributed by atoms with van der Waals surface area (Å²) < 4.78 is 52.0. The number of alkyl halides is 3. The summed E-state index contributed by atoms with van der Waals surface area (Å²) in [6.45, 7) is 2.09. The highest BCUT2D eigenvalue weighted by Gasteiger charge is 2.34. The summed E-state index contributed by atoms with van der Waals surface area (Å²) >= 11 is 3.35. The summed E-state index contributed by atoms with van der Waals surface area (Å²) in [6, 6.07) is 8.62. The second kappa shape index (κ2) is 6.05. The lowest BCUT2D eigenvalue weighted by molar-refractivity contribution is -0.140. The van der Waals surface area contributed by atoms with Crippen LogP contribution in [-0.2, 0) is 12.7 Å². The molecule has 1 nitrogen and oxygen atoms in total. The second-order valence-electron chi connectivity index (χ2n) is 4.68. The number of hydrogen-bond donors (Lipinski definition) is 1. The van der Waals surface area contributed by atoms with Crippen molar-refractivity contribution in [2.45, 2.75) is 19.6 Å². The number of rotatable bonds is 3. The Morgan fingerprint density at radius 2 is 1.81 bits per heavy atom. The van der Waals surface area contributed by atoms with Crippen LogP contribution >= 0.6 is 15.9 Å². The Hall–Kier alpha value is -1.56. The average molecular weight is 362 g/mol. The maximum atomic E-state index is 13.2. The van der Waals surface area contributed by atoms with E-state index in [2.05, 4.69) is 21.2 Å². The van der Waals surface area contributed by atoms with E-state index < -0.39 is 17.6 Å². The Kier molecular flexibility index (Phi) is 4.56. The van der Waals surface area contributed by atoms with Gasteiger partial charge in [-0.25, -0.2) is 4.39 Å². The number of aryl methyl sites for hydroxylation is 1. The Balaban J connectivity index is 2.17. The van der Waals surface area contributed by atoms with E-state index in [4.69, 9.17) is 0 Å². The lowest BCUT2D eigenvalue weighted by atomic mass is 10.1. The van der Waals surface area contributed by atoms with Gasteiger partial charge in [-0.05, 0) is 48.4 Å². The maximum absolute atomic E-state index is 13.2. The number of anilines is 1. The molecule has 0 saturated heterocycles. The fourth-order valence-electron chi connectivity index (χ4n) is 1.94. The summed E-state index contributed by atoms with van der Waals surface area (Å²) in [5.74, 6) is -1.26.